The molecule has 1 amide bonds. The van der Waals surface area contributed by atoms with Crippen LogP contribution in [0.2, 0.25) is 0 Å². The molecule has 21 heavy (non-hydrogen) atoms. The van der Waals surface area contributed by atoms with Crippen molar-refractivity contribution in [2.24, 2.45) is 0 Å². The Labute approximate surface area is 127 Å². The van der Waals surface area contributed by atoms with E-state index >= 15 is 0 Å². The van der Waals surface area contributed by atoms with Gasteiger partial charge in [-0.05, 0) is 25.3 Å². The van der Waals surface area contributed by atoms with Gasteiger partial charge < -0.3 is 14.4 Å². The lowest BCUT2D eigenvalue weighted by Crippen LogP contribution is -2.27. The fourth-order valence-electron chi connectivity index (χ4n) is 2.40. The van der Waals surface area contributed by atoms with Crippen molar-refractivity contribution in [2.75, 3.05) is 26.9 Å². The van der Waals surface area contributed by atoms with Crippen molar-refractivity contribution in [1.29, 1.82) is 0 Å². The van der Waals surface area contributed by atoms with Crippen LogP contribution in [0.25, 0.3) is 0 Å². The summed E-state index contributed by atoms with van der Waals surface area (Å²) in [4.78, 5) is 13.8. The number of rotatable bonds is 7. The summed E-state index contributed by atoms with van der Waals surface area (Å²) in [6, 6.07) is 8.26. The molecule has 0 spiro atoms. The van der Waals surface area contributed by atoms with Crippen molar-refractivity contribution in [3.05, 3.63) is 35.4 Å². The number of aryl methyl sites for hydroxylation is 1. The summed E-state index contributed by atoms with van der Waals surface area (Å²) in [7, 11) is 1.84. The Bertz CT molecular complexity index is 438. The molecule has 1 heterocycles. The standard InChI is InChI=1S/C17H25NO3/c1-14-5-7-15(8-6-14)12-18(2)17(19)9-11-20-13-16-4-3-10-21-16/h5-8,16H,3-4,9-13H2,1-2H3. The van der Waals surface area contributed by atoms with Gasteiger partial charge in [0.15, 0.2) is 0 Å². The fourth-order valence-corrected chi connectivity index (χ4v) is 2.40. The van der Waals surface area contributed by atoms with E-state index in [-0.39, 0.29) is 12.0 Å². The molecule has 4 nitrogen and oxygen atoms in total. The molecule has 4 heteroatoms. The highest BCUT2D eigenvalue weighted by Crippen LogP contribution is 2.12. The third-order valence-corrected chi connectivity index (χ3v) is 3.75. The van der Waals surface area contributed by atoms with Gasteiger partial charge in [-0.3, -0.25) is 4.79 Å². The summed E-state index contributed by atoms with van der Waals surface area (Å²) in [5.74, 6) is 0.114. The van der Waals surface area contributed by atoms with Crippen molar-refractivity contribution in [2.45, 2.75) is 38.8 Å². The van der Waals surface area contributed by atoms with E-state index in [4.69, 9.17) is 9.47 Å². The Morgan fingerprint density at radius 1 is 1.38 bits per heavy atom. The minimum absolute atomic E-state index is 0.114. The number of ether oxygens (including phenoxy) is 2. The van der Waals surface area contributed by atoms with Gasteiger partial charge in [0.05, 0.1) is 25.7 Å². The van der Waals surface area contributed by atoms with Crippen LogP contribution in [0.5, 0.6) is 0 Å². The number of nitrogens with zero attached hydrogens (tertiary/aromatic N) is 1. The van der Waals surface area contributed by atoms with Gasteiger partial charge >= 0.3 is 0 Å². The van der Waals surface area contributed by atoms with Crippen LogP contribution in [0.15, 0.2) is 24.3 Å². The molecule has 1 fully saturated rings. The molecule has 1 saturated heterocycles. The molecular formula is C17H25NO3. The highest BCUT2D eigenvalue weighted by molar-refractivity contribution is 5.75. The molecule has 1 unspecified atom stereocenters. The van der Waals surface area contributed by atoms with Crippen LogP contribution in [0.3, 0.4) is 0 Å². The summed E-state index contributed by atoms with van der Waals surface area (Å²) in [5.41, 5.74) is 2.38. The number of benzene rings is 1. The van der Waals surface area contributed by atoms with E-state index < -0.39 is 0 Å². The molecule has 0 N–H and O–H groups in total. The number of hydrogen-bond acceptors (Lipinski definition) is 3. The van der Waals surface area contributed by atoms with Crippen LogP contribution in [-0.4, -0.2) is 43.8 Å². The second kappa shape index (κ2) is 8.15. The molecule has 0 aliphatic carbocycles. The smallest absolute Gasteiger partial charge is 0.224 e. The average molecular weight is 291 g/mol. The Balaban J connectivity index is 1.63. The minimum Gasteiger partial charge on any atom is -0.378 e. The summed E-state index contributed by atoms with van der Waals surface area (Å²) in [6.07, 6.45) is 2.84. The second-order valence-corrected chi connectivity index (χ2v) is 5.70. The lowest BCUT2D eigenvalue weighted by molar-refractivity contribution is -0.131. The lowest BCUT2D eigenvalue weighted by Gasteiger charge is -2.18. The number of hydrogen-bond donors (Lipinski definition) is 0. The third kappa shape index (κ3) is 5.48. The van der Waals surface area contributed by atoms with Crippen LogP contribution in [0, 0.1) is 6.92 Å². The molecule has 1 atom stereocenters. The van der Waals surface area contributed by atoms with Gasteiger partial charge in [-0.15, -0.1) is 0 Å². The van der Waals surface area contributed by atoms with Crippen molar-refractivity contribution >= 4 is 5.91 Å². The monoisotopic (exact) mass is 291 g/mol. The van der Waals surface area contributed by atoms with E-state index in [1.165, 1.54) is 5.56 Å². The van der Waals surface area contributed by atoms with Gasteiger partial charge in [0.25, 0.3) is 0 Å². The molecule has 0 saturated carbocycles. The van der Waals surface area contributed by atoms with E-state index in [1.807, 2.05) is 7.05 Å². The predicted molar refractivity (Wildman–Crippen MR) is 82.1 cm³/mol. The topological polar surface area (TPSA) is 38.8 Å². The van der Waals surface area contributed by atoms with E-state index in [0.29, 0.717) is 26.2 Å². The predicted octanol–water partition coefficient (Wildman–Crippen LogP) is 2.54. The maximum Gasteiger partial charge on any atom is 0.224 e. The van der Waals surface area contributed by atoms with Gasteiger partial charge in [-0.25, -0.2) is 0 Å². The Morgan fingerprint density at radius 3 is 2.81 bits per heavy atom. The van der Waals surface area contributed by atoms with Gasteiger partial charge in [0.1, 0.15) is 0 Å². The molecule has 0 bridgehead atoms. The first-order chi connectivity index (χ1) is 10.1. The van der Waals surface area contributed by atoms with Crippen LogP contribution < -0.4 is 0 Å². The highest BCUT2D eigenvalue weighted by atomic mass is 16.5. The molecule has 1 aromatic carbocycles. The number of carbonyl (C=O) groups is 1. The molecule has 0 radical (unpaired) electrons. The SMILES string of the molecule is Cc1ccc(CN(C)C(=O)CCOCC2CCCO2)cc1. The molecule has 0 aromatic heterocycles. The van der Waals surface area contributed by atoms with Crippen LogP contribution >= 0.6 is 0 Å². The Hall–Kier alpha value is -1.39. The van der Waals surface area contributed by atoms with E-state index in [0.717, 1.165) is 25.0 Å². The first kappa shape index (κ1) is 16.0. The van der Waals surface area contributed by atoms with E-state index in [1.54, 1.807) is 4.90 Å². The maximum absolute atomic E-state index is 12.0. The van der Waals surface area contributed by atoms with Gasteiger partial charge in [-0.1, -0.05) is 29.8 Å². The largest absolute Gasteiger partial charge is 0.378 e. The molecule has 116 valence electrons. The van der Waals surface area contributed by atoms with Crippen molar-refractivity contribution in [3.63, 3.8) is 0 Å². The Morgan fingerprint density at radius 2 is 2.14 bits per heavy atom. The molecule has 1 aliphatic rings. The maximum atomic E-state index is 12.0. The lowest BCUT2D eigenvalue weighted by atomic mass is 10.1. The molecule has 1 aliphatic heterocycles. The molecular weight excluding hydrogens is 266 g/mol. The first-order valence-corrected chi connectivity index (χ1v) is 7.64. The zero-order valence-corrected chi connectivity index (χ0v) is 13.0. The van der Waals surface area contributed by atoms with Crippen molar-refractivity contribution < 1.29 is 14.3 Å². The first-order valence-electron chi connectivity index (χ1n) is 7.64. The normalized spacial score (nSPS) is 17.9. The van der Waals surface area contributed by atoms with Crippen LogP contribution in [-0.2, 0) is 20.8 Å². The summed E-state index contributed by atoms with van der Waals surface area (Å²) in [6.45, 7) is 4.62. The van der Waals surface area contributed by atoms with Crippen molar-refractivity contribution in [3.8, 4) is 0 Å². The van der Waals surface area contributed by atoms with E-state index in [9.17, 15) is 4.79 Å². The van der Waals surface area contributed by atoms with Gasteiger partial charge in [-0.2, -0.15) is 0 Å². The molecule has 1 aromatic rings. The zero-order chi connectivity index (χ0) is 15.1. The van der Waals surface area contributed by atoms with Crippen molar-refractivity contribution in [1.82, 2.24) is 4.90 Å². The fraction of sp³-hybridized carbons (Fsp3) is 0.588. The summed E-state index contributed by atoms with van der Waals surface area (Å²) < 4.78 is 11.0. The number of carbonyl (C=O) groups excluding carboxylic acids is 1. The second-order valence-electron chi connectivity index (χ2n) is 5.70. The quantitative estimate of drug-likeness (QED) is 0.725. The Kier molecular flexibility index (Phi) is 6.21. The van der Waals surface area contributed by atoms with Gasteiger partial charge in [0, 0.05) is 20.2 Å². The zero-order valence-electron chi connectivity index (χ0n) is 13.0. The summed E-state index contributed by atoms with van der Waals surface area (Å²) >= 11 is 0. The van der Waals surface area contributed by atoms with Crippen LogP contribution in [0.4, 0.5) is 0 Å². The van der Waals surface area contributed by atoms with E-state index in [2.05, 4.69) is 31.2 Å². The average Bonchev–Trinajstić information content (AvgIpc) is 2.99. The number of amides is 1. The molecule has 2 rings (SSSR count). The van der Waals surface area contributed by atoms with Gasteiger partial charge in [0.2, 0.25) is 5.91 Å². The van der Waals surface area contributed by atoms with Crippen LogP contribution in [0.1, 0.15) is 30.4 Å². The summed E-state index contributed by atoms with van der Waals surface area (Å²) in [5, 5.41) is 0. The minimum atomic E-state index is 0.114. The third-order valence-electron chi connectivity index (χ3n) is 3.75. The highest BCUT2D eigenvalue weighted by Gasteiger charge is 2.16.